The van der Waals surface area contributed by atoms with E-state index in [9.17, 15) is 18.0 Å². The lowest BCUT2D eigenvalue weighted by atomic mass is 10.1. The molecule has 0 spiro atoms. The zero-order chi connectivity index (χ0) is 14.5. The molecule has 0 fully saturated rings. The fourth-order valence-electron chi connectivity index (χ4n) is 1.65. The van der Waals surface area contributed by atoms with Crippen LogP contribution in [0.4, 0.5) is 13.2 Å². The molecule has 0 aliphatic carbocycles. The van der Waals surface area contributed by atoms with Gasteiger partial charge in [0, 0.05) is 13.0 Å². The molecule has 0 atom stereocenters. The number of carbonyl (C=O) groups is 1. The van der Waals surface area contributed by atoms with Crippen molar-refractivity contribution >= 4 is 5.91 Å². The Morgan fingerprint density at radius 1 is 1.21 bits per heavy atom. The molecule has 0 aromatic heterocycles. The largest absolute Gasteiger partial charge is 0.416 e. The van der Waals surface area contributed by atoms with Gasteiger partial charge in [-0.25, -0.2) is 0 Å². The standard InChI is InChI=1S/C14H18F3NO/c1-10(2)9-13(19)18-8-7-11-3-5-12(6-4-11)14(15,16)17/h3-6,10H,7-9H2,1-2H3,(H,18,19). The second-order valence-corrected chi connectivity index (χ2v) is 4.89. The van der Waals surface area contributed by atoms with Gasteiger partial charge in [-0.3, -0.25) is 4.79 Å². The van der Waals surface area contributed by atoms with Crippen LogP contribution in [0.3, 0.4) is 0 Å². The molecule has 19 heavy (non-hydrogen) atoms. The predicted octanol–water partition coefficient (Wildman–Crippen LogP) is 3.41. The average molecular weight is 273 g/mol. The quantitative estimate of drug-likeness (QED) is 0.875. The number of hydrogen-bond acceptors (Lipinski definition) is 1. The van der Waals surface area contributed by atoms with Gasteiger partial charge in [0.15, 0.2) is 0 Å². The van der Waals surface area contributed by atoms with Crippen molar-refractivity contribution in [2.75, 3.05) is 6.54 Å². The molecular weight excluding hydrogens is 255 g/mol. The molecule has 0 aliphatic heterocycles. The van der Waals surface area contributed by atoms with Gasteiger partial charge in [0.2, 0.25) is 5.91 Å². The lowest BCUT2D eigenvalue weighted by Crippen LogP contribution is -2.26. The van der Waals surface area contributed by atoms with Gasteiger partial charge in [-0.15, -0.1) is 0 Å². The summed E-state index contributed by atoms with van der Waals surface area (Å²) in [4.78, 5) is 11.4. The summed E-state index contributed by atoms with van der Waals surface area (Å²) in [5, 5.41) is 2.75. The third kappa shape index (κ3) is 5.77. The van der Waals surface area contributed by atoms with Crippen LogP contribution >= 0.6 is 0 Å². The Labute approximate surface area is 111 Å². The van der Waals surface area contributed by atoms with Crippen LogP contribution in [0.2, 0.25) is 0 Å². The summed E-state index contributed by atoms with van der Waals surface area (Å²) >= 11 is 0. The first-order valence-corrected chi connectivity index (χ1v) is 6.22. The summed E-state index contributed by atoms with van der Waals surface area (Å²) in [5.41, 5.74) is 0.123. The Hall–Kier alpha value is -1.52. The molecule has 0 saturated heterocycles. The van der Waals surface area contributed by atoms with Gasteiger partial charge in [-0.05, 0) is 30.0 Å². The smallest absolute Gasteiger partial charge is 0.356 e. The highest BCUT2D eigenvalue weighted by atomic mass is 19.4. The van der Waals surface area contributed by atoms with Gasteiger partial charge >= 0.3 is 6.18 Å². The maximum absolute atomic E-state index is 12.3. The summed E-state index contributed by atoms with van der Waals surface area (Å²) in [6, 6.07) is 5.01. The van der Waals surface area contributed by atoms with Gasteiger partial charge in [-0.2, -0.15) is 13.2 Å². The lowest BCUT2D eigenvalue weighted by Gasteiger charge is -2.09. The number of amides is 1. The minimum Gasteiger partial charge on any atom is -0.356 e. The van der Waals surface area contributed by atoms with E-state index in [4.69, 9.17) is 0 Å². The Bertz CT molecular complexity index is 410. The van der Waals surface area contributed by atoms with Crippen molar-refractivity contribution in [1.82, 2.24) is 5.32 Å². The topological polar surface area (TPSA) is 29.1 Å². The van der Waals surface area contributed by atoms with Gasteiger partial charge in [0.05, 0.1) is 5.56 Å². The molecule has 5 heteroatoms. The Kier molecular flexibility index (Phi) is 5.39. The molecule has 1 amide bonds. The second-order valence-electron chi connectivity index (χ2n) is 4.89. The van der Waals surface area contributed by atoms with Crippen LogP contribution in [0.5, 0.6) is 0 Å². The zero-order valence-corrected chi connectivity index (χ0v) is 11.1. The van der Waals surface area contributed by atoms with Crippen LogP contribution in [0.25, 0.3) is 0 Å². The van der Waals surface area contributed by atoms with E-state index < -0.39 is 11.7 Å². The van der Waals surface area contributed by atoms with E-state index in [-0.39, 0.29) is 5.91 Å². The van der Waals surface area contributed by atoms with Crippen molar-refractivity contribution in [2.24, 2.45) is 5.92 Å². The molecule has 1 aromatic carbocycles. The van der Waals surface area contributed by atoms with E-state index in [1.54, 1.807) is 0 Å². The molecule has 0 aliphatic rings. The maximum atomic E-state index is 12.3. The van der Waals surface area contributed by atoms with Gasteiger partial charge < -0.3 is 5.32 Å². The minimum absolute atomic E-state index is 0.0260. The van der Waals surface area contributed by atoms with Crippen LogP contribution in [-0.2, 0) is 17.4 Å². The van der Waals surface area contributed by atoms with Gasteiger partial charge in [0.1, 0.15) is 0 Å². The molecule has 0 saturated carbocycles. The molecule has 1 N–H and O–H groups in total. The molecule has 0 unspecified atom stereocenters. The molecule has 1 aromatic rings. The number of benzene rings is 1. The number of alkyl halides is 3. The van der Waals surface area contributed by atoms with E-state index in [1.165, 1.54) is 12.1 Å². The highest BCUT2D eigenvalue weighted by Gasteiger charge is 2.29. The summed E-state index contributed by atoms with van der Waals surface area (Å²) in [6.45, 7) is 4.35. The van der Waals surface area contributed by atoms with Crippen molar-refractivity contribution in [3.8, 4) is 0 Å². The predicted molar refractivity (Wildman–Crippen MR) is 67.6 cm³/mol. The molecule has 106 valence electrons. The zero-order valence-electron chi connectivity index (χ0n) is 11.1. The van der Waals surface area contributed by atoms with E-state index in [1.807, 2.05) is 13.8 Å². The van der Waals surface area contributed by atoms with Crippen LogP contribution < -0.4 is 5.32 Å². The number of nitrogens with one attached hydrogen (secondary N) is 1. The third-order valence-electron chi connectivity index (χ3n) is 2.61. The maximum Gasteiger partial charge on any atom is 0.416 e. The highest BCUT2D eigenvalue weighted by Crippen LogP contribution is 2.29. The number of hydrogen-bond donors (Lipinski definition) is 1. The first kappa shape index (κ1) is 15.5. The van der Waals surface area contributed by atoms with E-state index in [0.29, 0.717) is 25.3 Å². The van der Waals surface area contributed by atoms with Crippen LogP contribution in [-0.4, -0.2) is 12.5 Å². The average Bonchev–Trinajstić information content (AvgIpc) is 2.27. The van der Waals surface area contributed by atoms with E-state index >= 15 is 0 Å². The van der Waals surface area contributed by atoms with E-state index in [2.05, 4.69) is 5.32 Å². The first-order chi connectivity index (χ1) is 8.79. The van der Waals surface area contributed by atoms with E-state index in [0.717, 1.165) is 17.7 Å². The highest BCUT2D eigenvalue weighted by molar-refractivity contribution is 5.76. The fraction of sp³-hybridized carbons (Fsp3) is 0.500. The summed E-state index contributed by atoms with van der Waals surface area (Å²) < 4.78 is 37.0. The first-order valence-electron chi connectivity index (χ1n) is 6.22. The molecule has 0 radical (unpaired) electrons. The molecule has 1 rings (SSSR count). The monoisotopic (exact) mass is 273 g/mol. The molecule has 0 bridgehead atoms. The number of carbonyl (C=O) groups excluding carboxylic acids is 1. The number of rotatable bonds is 5. The normalized spacial score (nSPS) is 11.7. The van der Waals surface area contributed by atoms with Crippen LogP contribution in [0, 0.1) is 5.92 Å². The van der Waals surface area contributed by atoms with Crippen molar-refractivity contribution in [1.29, 1.82) is 0 Å². The minimum atomic E-state index is -4.30. The lowest BCUT2D eigenvalue weighted by molar-refractivity contribution is -0.137. The van der Waals surface area contributed by atoms with Crippen molar-refractivity contribution in [3.05, 3.63) is 35.4 Å². The summed E-state index contributed by atoms with van der Waals surface area (Å²) in [7, 11) is 0. The fourth-order valence-corrected chi connectivity index (χ4v) is 1.65. The molecule has 2 nitrogen and oxygen atoms in total. The Morgan fingerprint density at radius 2 is 1.79 bits per heavy atom. The summed E-state index contributed by atoms with van der Waals surface area (Å²) in [6.07, 6.45) is -3.31. The van der Waals surface area contributed by atoms with Crippen molar-refractivity contribution < 1.29 is 18.0 Å². The molecule has 0 heterocycles. The van der Waals surface area contributed by atoms with Gasteiger partial charge in [-0.1, -0.05) is 26.0 Å². The summed E-state index contributed by atoms with van der Waals surface area (Å²) in [5.74, 6) is 0.271. The molecular formula is C14H18F3NO. The van der Waals surface area contributed by atoms with Crippen molar-refractivity contribution in [3.63, 3.8) is 0 Å². The van der Waals surface area contributed by atoms with Crippen LogP contribution in [0.15, 0.2) is 24.3 Å². The Morgan fingerprint density at radius 3 is 2.26 bits per heavy atom. The van der Waals surface area contributed by atoms with Crippen LogP contribution in [0.1, 0.15) is 31.4 Å². The third-order valence-corrected chi connectivity index (χ3v) is 2.61. The SMILES string of the molecule is CC(C)CC(=O)NCCc1ccc(C(F)(F)F)cc1. The van der Waals surface area contributed by atoms with Gasteiger partial charge in [0.25, 0.3) is 0 Å². The Balaban J connectivity index is 2.40. The second kappa shape index (κ2) is 6.59. The van der Waals surface area contributed by atoms with Crippen molar-refractivity contribution in [2.45, 2.75) is 32.9 Å². The number of halogens is 3.